The second kappa shape index (κ2) is 12.8. The van der Waals surface area contributed by atoms with Gasteiger partial charge in [0.15, 0.2) is 5.82 Å². The maximum atomic E-state index is 17.2. The van der Waals surface area contributed by atoms with E-state index in [-0.39, 0.29) is 53.0 Å². The number of carbonyl (C=O) groups excluding carboxylic acids is 1. The number of aryl methyl sites for hydroxylation is 4. The number of pyridine rings is 1. The Bertz CT molecular complexity index is 2310. The molecule has 2 saturated carbocycles. The van der Waals surface area contributed by atoms with E-state index in [1.54, 1.807) is 18.2 Å². The molecule has 3 aromatic carbocycles. The zero-order valence-electron chi connectivity index (χ0n) is 29.5. The molecule has 7 nitrogen and oxygen atoms in total. The lowest BCUT2D eigenvalue weighted by Crippen LogP contribution is -2.41. The van der Waals surface area contributed by atoms with Gasteiger partial charge in [0.25, 0.3) is 0 Å². The fraction of sp³-hybridized carbons (Fsp3) is 0.405. The molecule has 0 unspecified atom stereocenters. The van der Waals surface area contributed by atoms with Gasteiger partial charge in [0, 0.05) is 64.6 Å². The van der Waals surface area contributed by atoms with Crippen LogP contribution in [0.5, 0.6) is 5.75 Å². The maximum Gasteiger partial charge on any atom is 0.226 e. The van der Waals surface area contributed by atoms with Crippen LogP contribution >= 0.6 is 23.2 Å². The summed E-state index contributed by atoms with van der Waals surface area (Å²) < 4.78 is 26.3. The smallest absolute Gasteiger partial charge is 0.226 e. The van der Waals surface area contributed by atoms with Crippen molar-refractivity contribution in [2.24, 2.45) is 11.8 Å². The molecule has 0 spiro atoms. The summed E-state index contributed by atoms with van der Waals surface area (Å²) in [6.45, 7) is 7.51. The number of nitriles is 1. The fourth-order valence-corrected chi connectivity index (χ4v) is 9.66. The number of benzene rings is 3. The average Bonchev–Trinajstić information content (AvgIpc) is 3.39. The number of likely N-dealkylation sites (tertiary alicyclic amines) is 1. The summed E-state index contributed by atoms with van der Waals surface area (Å²) in [5.74, 6) is 1.02. The third-order valence-corrected chi connectivity index (χ3v) is 12.6. The molecule has 5 fully saturated rings. The van der Waals surface area contributed by atoms with Crippen LogP contribution in [0.25, 0.3) is 32.9 Å². The van der Waals surface area contributed by atoms with Crippen molar-refractivity contribution < 1.29 is 13.9 Å². The molecule has 2 aliphatic carbocycles. The quantitative estimate of drug-likeness (QED) is 0.172. The molecule has 5 heterocycles. The Kier molecular flexibility index (Phi) is 8.26. The van der Waals surface area contributed by atoms with Crippen LogP contribution in [-0.2, 0) is 11.2 Å². The van der Waals surface area contributed by atoms with Gasteiger partial charge in [-0.2, -0.15) is 5.26 Å². The Labute approximate surface area is 312 Å². The first kappa shape index (κ1) is 33.7. The van der Waals surface area contributed by atoms with Crippen LogP contribution in [0.15, 0.2) is 48.5 Å². The van der Waals surface area contributed by atoms with Crippen molar-refractivity contribution in [3.05, 3.63) is 92.5 Å². The Morgan fingerprint density at radius 2 is 1.87 bits per heavy atom. The van der Waals surface area contributed by atoms with E-state index in [0.29, 0.717) is 52.4 Å². The molecule has 3 saturated heterocycles. The molecule has 0 radical (unpaired) electrons. The number of halogens is 3. The summed E-state index contributed by atoms with van der Waals surface area (Å²) in [6.07, 6.45) is 3.95. The molecular weight excluding hydrogens is 696 g/mol. The second-order valence-corrected chi connectivity index (χ2v) is 16.1. The molecule has 5 aromatic rings. The van der Waals surface area contributed by atoms with Crippen molar-refractivity contribution in [3.63, 3.8) is 0 Å². The SMILES string of the molecule is Cc1cc(C)cc(O[C@H]2C[C@H](c3cc4c(C)nc5c(F)c(-c6cccc(Cl)c6Cl)c(CCC#N)cc5c4n3[C@H]3[C@H]4CN[C@@H]3C4)N(C(=O)C3CC3)C2)c1. The van der Waals surface area contributed by atoms with Gasteiger partial charge in [0.2, 0.25) is 5.91 Å². The van der Waals surface area contributed by atoms with Crippen LogP contribution in [0.3, 0.4) is 0 Å². The number of amides is 1. The van der Waals surface area contributed by atoms with Gasteiger partial charge in [-0.1, -0.05) is 41.4 Å². The van der Waals surface area contributed by atoms with Gasteiger partial charge in [0.05, 0.1) is 40.3 Å². The predicted octanol–water partition coefficient (Wildman–Crippen LogP) is 9.35. The van der Waals surface area contributed by atoms with Gasteiger partial charge in [-0.05, 0) is 99.4 Å². The third kappa shape index (κ3) is 5.47. The Hall–Kier alpha value is -4.16. The highest BCUT2D eigenvalue weighted by molar-refractivity contribution is 6.43. The second-order valence-electron chi connectivity index (χ2n) is 15.4. The summed E-state index contributed by atoms with van der Waals surface area (Å²) in [4.78, 5) is 21.0. The lowest BCUT2D eigenvalue weighted by atomic mass is 9.79. The number of hydrogen-bond acceptors (Lipinski definition) is 5. The molecule has 3 aliphatic heterocycles. The molecule has 1 N–H and O–H groups in total. The normalized spacial score (nSPS) is 23.7. The highest BCUT2D eigenvalue weighted by Crippen LogP contribution is 2.51. The Balaban J connectivity index is 1.25. The van der Waals surface area contributed by atoms with Gasteiger partial charge in [-0.15, -0.1) is 0 Å². The molecular formula is C42H40Cl2FN5O2. The van der Waals surface area contributed by atoms with Crippen LogP contribution in [0.2, 0.25) is 10.0 Å². The van der Waals surface area contributed by atoms with Gasteiger partial charge in [0.1, 0.15) is 17.4 Å². The van der Waals surface area contributed by atoms with E-state index in [2.05, 4.69) is 59.0 Å². The molecule has 2 bridgehead atoms. The molecule has 5 aliphatic rings. The number of aromatic nitrogens is 2. The van der Waals surface area contributed by atoms with Crippen LogP contribution in [0, 0.1) is 49.8 Å². The number of fused-ring (bicyclic) bond motifs is 4. The van der Waals surface area contributed by atoms with Crippen molar-refractivity contribution in [1.82, 2.24) is 19.8 Å². The predicted molar refractivity (Wildman–Crippen MR) is 202 cm³/mol. The summed E-state index contributed by atoms with van der Waals surface area (Å²) in [7, 11) is 0. The zero-order chi connectivity index (χ0) is 36.0. The van der Waals surface area contributed by atoms with E-state index in [9.17, 15) is 10.1 Å². The van der Waals surface area contributed by atoms with Crippen LogP contribution in [0.1, 0.15) is 72.3 Å². The molecule has 5 atom stereocenters. The number of nitrogens with zero attached hydrogens (tertiary/aromatic N) is 4. The van der Waals surface area contributed by atoms with Crippen molar-refractivity contribution in [1.29, 1.82) is 5.26 Å². The van der Waals surface area contributed by atoms with Crippen molar-refractivity contribution >= 4 is 50.9 Å². The summed E-state index contributed by atoms with van der Waals surface area (Å²) in [5, 5.41) is 15.6. The van der Waals surface area contributed by atoms with Crippen LogP contribution in [-0.4, -0.2) is 45.6 Å². The summed E-state index contributed by atoms with van der Waals surface area (Å²) >= 11 is 13.1. The molecule has 1 amide bonds. The molecule has 266 valence electrons. The zero-order valence-corrected chi connectivity index (χ0v) is 31.0. The number of ether oxygens (including phenoxy) is 1. The Morgan fingerprint density at radius 3 is 2.56 bits per heavy atom. The first-order valence-corrected chi connectivity index (χ1v) is 19.1. The van der Waals surface area contributed by atoms with Gasteiger partial charge < -0.3 is 19.5 Å². The van der Waals surface area contributed by atoms with Gasteiger partial charge in [-0.25, -0.2) is 9.37 Å². The standard InChI is InChI=1S/C42H40Cl2FN5O2/c1-21-12-22(2)14-27(13-21)52-28-17-34(49(20-28)42(51)24-9-10-24)35-18-30-23(3)48-39-31(41(30)50(35)40-26-16-33(40)47-19-26)15-25(6-5-11-46)36(38(39)45)29-7-4-8-32(43)37(29)44/h4,7-8,12-15,18,24,26,28,33-34,40,47H,5-6,9-10,16-17,19-20H2,1-3H3/t26-,28+,33-,34-,40+/m1/s1. The largest absolute Gasteiger partial charge is 0.488 e. The van der Waals surface area contributed by atoms with E-state index in [4.69, 9.17) is 32.9 Å². The molecule has 52 heavy (non-hydrogen) atoms. The average molecular weight is 737 g/mol. The number of carbonyl (C=O) groups is 1. The minimum Gasteiger partial charge on any atom is -0.488 e. The summed E-state index contributed by atoms with van der Waals surface area (Å²) in [5.41, 5.74) is 6.73. The van der Waals surface area contributed by atoms with E-state index in [0.717, 1.165) is 65.0 Å². The first-order chi connectivity index (χ1) is 25.1. The van der Waals surface area contributed by atoms with Crippen molar-refractivity contribution in [2.75, 3.05) is 13.1 Å². The highest BCUT2D eigenvalue weighted by atomic mass is 35.5. The lowest BCUT2D eigenvalue weighted by Gasteiger charge is -2.39. The van der Waals surface area contributed by atoms with E-state index >= 15 is 4.39 Å². The van der Waals surface area contributed by atoms with Crippen molar-refractivity contribution in [2.45, 2.75) is 83.5 Å². The Morgan fingerprint density at radius 1 is 1.08 bits per heavy atom. The van der Waals surface area contributed by atoms with Gasteiger partial charge >= 0.3 is 0 Å². The van der Waals surface area contributed by atoms with Crippen LogP contribution < -0.4 is 10.1 Å². The molecule has 2 aromatic heterocycles. The lowest BCUT2D eigenvalue weighted by molar-refractivity contribution is -0.133. The first-order valence-electron chi connectivity index (χ1n) is 18.4. The number of hydrogen-bond donors (Lipinski definition) is 1. The number of rotatable bonds is 8. The van der Waals surface area contributed by atoms with E-state index in [1.165, 1.54) is 0 Å². The maximum absolute atomic E-state index is 17.2. The van der Waals surface area contributed by atoms with Gasteiger partial charge in [-0.3, -0.25) is 4.79 Å². The van der Waals surface area contributed by atoms with Crippen LogP contribution in [0.4, 0.5) is 4.39 Å². The molecule has 10 rings (SSSR count). The summed E-state index contributed by atoms with van der Waals surface area (Å²) in [6, 6.07) is 18.2. The minimum absolute atomic E-state index is 0.0552. The van der Waals surface area contributed by atoms with E-state index in [1.807, 2.05) is 13.0 Å². The van der Waals surface area contributed by atoms with E-state index < -0.39 is 5.82 Å². The number of nitrogens with one attached hydrogen (secondary N) is 1. The highest BCUT2D eigenvalue weighted by Gasteiger charge is 2.51. The third-order valence-electron chi connectivity index (χ3n) is 11.7. The monoisotopic (exact) mass is 735 g/mol. The fourth-order valence-electron chi connectivity index (χ4n) is 9.26. The molecule has 10 heteroatoms. The van der Waals surface area contributed by atoms with Crippen molar-refractivity contribution in [3.8, 4) is 22.9 Å². The topological polar surface area (TPSA) is 83.2 Å². The minimum atomic E-state index is -0.475.